The molecule has 2 aromatic rings. The number of carbonyl (C=O) groups excluding carboxylic acids is 1. The Hall–Kier alpha value is -1.94. The monoisotopic (exact) mass is 343 g/mol. The van der Waals surface area contributed by atoms with E-state index in [-0.39, 0.29) is 5.91 Å². The number of rotatable bonds is 8. The molecule has 1 amide bonds. The number of aryl methyl sites for hydroxylation is 2. The highest BCUT2D eigenvalue weighted by molar-refractivity contribution is 7.99. The minimum Gasteiger partial charge on any atom is -0.491 e. The van der Waals surface area contributed by atoms with Gasteiger partial charge in [-0.25, -0.2) is 0 Å². The summed E-state index contributed by atoms with van der Waals surface area (Å²) in [6.45, 7) is 7.20. The van der Waals surface area contributed by atoms with Crippen molar-refractivity contribution >= 4 is 17.7 Å². The number of amides is 1. The lowest BCUT2D eigenvalue weighted by molar-refractivity contribution is -0.120. The SMILES string of the molecule is Cc1ccc(SCCC(=O)NCCOc2cccc(C)c2C)cc1. The average molecular weight is 343 g/mol. The van der Waals surface area contributed by atoms with Gasteiger partial charge in [0.25, 0.3) is 0 Å². The lowest BCUT2D eigenvalue weighted by Crippen LogP contribution is -2.28. The number of carbonyl (C=O) groups is 1. The predicted octanol–water partition coefficient (Wildman–Crippen LogP) is 4.29. The molecule has 0 radical (unpaired) electrons. The van der Waals surface area contributed by atoms with Crippen LogP contribution in [0.1, 0.15) is 23.1 Å². The summed E-state index contributed by atoms with van der Waals surface area (Å²) in [5.41, 5.74) is 3.61. The van der Waals surface area contributed by atoms with Crippen molar-refractivity contribution in [1.29, 1.82) is 0 Å². The fourth-order valence-corrected chi connectivity index (χ4v) is 3.07. The zero-order chi connectivity index (χ0) is 17.4. The maximum Gasteiger partial charge on any atom is 0.220 e. The van der Waals surface area contributed by atoms with Gasteiger partial charge in [-0.15, -0.1) is 11.8 Å². The second-order valence-corrected chi connectivity index (χ2v) is 6.98. The first-order chi connectivity index (χ1) is 11.6. The van der Waals surface area contributed by atoms with Crippen LogP contribution in [0.2, 0.25) is 0 Å². The number of hydrogen-bond acceptors (Lipinski definition) is 3. The molecule has 1 N–H and O–H groups in total. The van der Waals surface area contributed by atoms with Crippen LogP contribution in [0.25, 0.3) is 0 Å². The summed E-state index contributed by atoms with van der Waals surface area (Å²) in [6, 6.07) is 14.4. The van der Waals surface area contributed by atoms with Crippen LogP contribution >= 0.6 is 11.8 Å². The maximum absolute atomic E-state index is 11.8. The second kappa shape index (κ2) is 9.38. The van der Waals surface area contributed by atoms with Gasteiger partial charge in [-0.2, -0.15) is 0 Å². The van der Waals surface area contributed by atoms with Gasteiger partial charge in [-0.3, -0.25) is 4.79 Å². The molecule has 0 aliphatic heterocycles. The van der Waals surface area contributed by atoms with Gasteiger partial charge < -0.3 is 10.1 Å². The molecule has 4 heteroatoms. The molecule has 0 atom stereocenters. The third-order valence-corrected chi connectivity index (χ3v) is 4.87. The third kappa shape index (κ3) is 5.93. The van der Waals surface area contributed by atoms with E-state index in [4.69, 9.17) is 4.74 Å². The summed E-state index contributed by atoms with van der Waals surface area (Å²) in [5.74, 6) is 1.74. The normalized spacial score (nSPS) is 10.5. The summed E-state index contributed by atoms with van der Waals surface area (Å²) < 4.78 is 5.73. The van der Waals surface area contributed by atoms with Crippen LogP contribution in [0.15, 0.2) is 47.4 Å². The molecule has 0 bridgehead atoms. The Balaban J connectivity index is 1.61. The minimum absolute atomic E-state index is 0.0687. The summed E-state index contributed by atoms with van der Waals surface area (Å²) >= 11 is 1.71. The standard InChI is InChI=1S/C20H25NO2S/c1-15-7-9-18(10-8-15)24-14-11-20(22)21-12-13-23-19-6-4-5-16(2)17(19)3/h4-10H,11-14H2,1-3H3,(H,21,22). The Kier molecular flexibility index (Phi) is 7.19. The lowest BCUT2D eigenvalue weighted by Gasteiger charge is -2.11. The number of ether oxygens (including phenoxy) is 1. The van der Waals surface area contributed by atoms with E-state index in [1.54, 1.807) is 11.8 Å². The van der Waals surface area contributed by atoms with E-state index in [0.717, 1.165) is 17.1 Å². The van der Waals surface area contributed by atoms with E-state index in [9.17, 15) is 4.79 Å². The molecule has 3 nitrogen and oxygen atoms in total. The molecule has 0 aliphatic carbocycles. The highest BCUT2D eigenvalue weighted by Gasteiger charge is 2.04. The van der Waals surface area contributed by atoms with Crippen LogP contribution in [0.3, 0.4) is 0 Å². The smallest absolute Gasteiger partial charge is 0.220 e. The number of benzene rings is 2. The van der Waals surface area contributed by atoms with Gasteiger partial charge in [0.15, 0.2) is 0 Å². The summed E-state index contributed by atoms with van der Waals surface area (Å²) in [4.78, 5) is 13.0. The Labute approximate surface area is 148 Å². The largest absolute Gasteiger partial charge is 0.491 e. The highest BCUT2D eigenvalue weighted by atomic mass is 32.2. The molecule has 0 saturated carbocycles. The van der Waals surface area contributed by atoms with E-state index in [2.05, 4.69) is 49.5 Å². The van der Waals surface area contributed by atoms with Crippen LogP contribution in [-0.4, -0.2) is 24.8 Å². The van der Waals surface area contributed by atoms with Crippen molar-refractivity contribution in [1.82, 2.24) is 5.32 Å². The molecule has 0 heterocycles. The van der Waals surface area contributed by atoms with Crippen LogP contribution in [0.4, 0.5) is 0 Å². The summed E-state index contributed by atoms with van der Waals surface area (Å²) in [5, 5.41) is 2.91. The number of hydrogen-bond donors (Lipinski definition) is 1. The summed E-state index contributed by atoms with van der Waals surface area (Å²) in [6.07, 6.45) is 0.516. The van der Waals surface area contributed by atoms with Crippen LogP contribution < -0.4 is 10.1 Å². The van der Waals surface area contributed by atoms with Crippen molar-refractivity contribution in [3.05, 3.63) is 59.2 Å². The zero-order valence-electron chi connectivity index (χ0n) is 14.6. The molecule has 0 spiro atoms. The molecule has 24 heavy (non-hydrogen) atoms. The van der Waals surface area contributed by atoms with E-state index >= 15 is 0 Å². The van der Waals surface area contributed by atoms with Crippen molar-refractivity contribution in [3.8, 4) is 5.75 Å². The number of nitrogens with one attached hydrogen (secondary N) is 1. The van der Waals surface area contributed by atoms with Crippen LogP contribution in [-0.2, 0) is 4.79 Å². The van der Waals surface area contributed by atoms with E-state index in [1.807, 2.05) is 19.1 Å². The molecule has 0 fully saturated rings. The van der Waals surface area contributed by atoms with Crippen molar-refractivity contribution < 1.29 is 9.53 Å². The Morgan fingerprint density at radius 2 is 1.83 bits per heavy atom. The van der Waals surface area contributed by atoms with Gasteiger partial charge in [0.2, 0.25) is 5.91 Å². The van der Waals surface area contributed by atoms with Gasteiger partial charge >= 0.3 is 0 Å². The Bertz CT molecular complexity index is 668. The van der Waals surface area contributed by atoms with Gasteiger partial charge in [0.05, 0.1) is 6.54 Å². The molecule has 0 saturated heterocycles. The molecular formula is C20H25NO2S. The van der Waals surface area contributed by atoms with Crippen LogP contribution in [0, 0.1) is 20.8 Å². The van der Waals surface area contributed by atoms with Crippen molar-refractivity contribution in [3.63, 3.8) is 0 Å². The molecule has 0 aliphatic rings. The van der Waals surface area contributed by atoms with E-state index in [1.165, 1.54) is 16.0 Å². The van der Waals surface area contributed by atoms with E-state index in [0.29, 0.717) is 19.6 Å². The third-order valence-electron chi connectivity index (χ3n) is 3.86. The zero-order valence-corrected chi connectivity index (χ0v) is 15.4. The fraction of sp³-hybridized carbons (Fsp3) is 0.350. The molecule has 128 valence electrons. The van der Waals surface area contributed by atoms with Crippen molar-refractivity contribution in [2.24, 2.45) is 0 Å². The minimum atomic E-state index is 0.0687. The Morgan fingerprint density at radius 1 is 1.08 bits per heavy atom. The lowest BCUT2D eigenvalue weighted by atomic mass is 10.1. The van der Waals surface area contributed by atoms with Gasteiger partial charge in [0, 0.05) is 17.1 Å². The van der Waals surface area contributed by atoms with Gasteiger partial charge in [-0.1, -0.05) is 29.8 Å². The van der Waals surface area contributed by atoms with Crippen molar-refractivity contribution in [2.45, 2.75) is 32.1 Å². The fourth-order valence-electron chi connectivity index (χ4n) is 2.22. The number of thioether (sulfide) groups is 1. The van der Waals surface area contributed by atoms with Gasteiger partial charge in [0.1, 0.15) is 12.4 Å². The first-order valence-electron chi connectivity index (χ1n) is 8.21. The van der Waals surface area contributed by atoms with Crippen molar-refractivity contribution in [2.75, 3.05) is 18.9 Å². The Morgan fingerprint density at radius 3 is 2.58 bits per heavy atom. The maximum atomic E-state index is 11.8. The first kappa shape index (κ1) is 18.4. The molecule has 0 unspecified atom stereocenters. The summed E-state index contributed by atoms with van der Waals surface area (Å²) in [7, 11) is 0. The molecule has 2 aromatic carbocycles. The highest BCUT2D eigenvalue weighted by Crippen LogP contribution is 2.20. The second-order valence-electron chi connectivity index (χ2n) is 5.81. The average Bonchev–Trinajstić information content (AvgIpc) is 2.57. The van der Waals surface area contributed by atoms with Crippen LogP contribution in [0.5, 0.6) is 5.75 Å². The molecule has 2 rings (SSSR count). The van der Waals surface area contributed by atoms with Gasteiger partial charge in [-0.05, 0) is 50.1 Å². The van der Waals surface area contributed by atoms with E-state index < -0.39 is 0 Å². The molecule has 0 aromatic heterocycles. The quantitative estimate of drug-likeness (QED) is 0.574. The first-order valence-corrected chi connectivity index (χ1v) is 9.20. The molecular weight excluding hydrogens is 318 g/mol. The topological polar surface area (TPSA) is 38.3 Å². The predicted molar refractivity (Wildman–Crippen MR) is 101 cm³/mol.